The van der Waals surface area contributed by atoms with Gasteiger partial charge in [0.2, 0.25) is 0 Å². The second-order valence-electron chi connectivity index (χ2n) is 4.37. The highest BCUT2D eigenvalue weighted by molar-refractivity contribution is 5.74. The van der Waals surface area contributed by atoms with Gasteiger partial charge in [-0.25, -0.2) is 0 Å². The molecule has 2 rings (SSSR count). The third-order valence-corrected chi connectivity index (χ3v) is 3.23. The summed E-state index contributed by atoms with van der Waals surface area (Å²) in [5.74, 6) is 0.134. The highest BCUT2D eigenvalue weighted by atomic mass is 16.5. The Bertz CT molecular complexity index is 363. The van der Waals surface area contributed by atoms with Gasteiger partial charge in [-0.15, -0.1) is 0 Å². The minimum atomic E-state index is -0.0989. The molecule has 0 unspecified atom stereocenters. The Hall–Kier alpha value is -1.35. The highest BCUT2D eigenvalue weighted by Crippen LogP contribution is 2.32. The molecule has 3 nitrogen and oxygen atoms in total. The number of hydrogen-bond acceptors (Lipinski definition) is 3. The van der Waals surface area contributed by atoms with Gasteiger partial charge in [-0.1, -0.05) is 30.3 Å². The Morgan fingerprint density at radius 2 is 2.00 bits per heavy atom. The molecule has 3 heteroatoms. The lowest BCUT2D eigenvalue weighted by molar-refractivity contribution is -0.145. The molecular weight excluding hydrogens is 202 g/mol. The fourth-order valence-electron chi connectivity index (χ4n) is 2.43. The van der Waals surface area contributed by atoms with Gasteiger partial charge in [-0.05, 0) is 12.6 Å². The number of esters is 1. The molecular formula is C13H17NO2. The first-order chi connectivity index (χ1) is 7.72. The van der Waals surface area contributed by atoms with E-state index in [2.05, 4.69) is 17.0 Å². The van der Waals surface area contributed by atoms with Crippen LogP contribution in [0.3, 0.4) is 0 Å². The summed E-state index contributed by atoms with van der Waals surface area (Å²) in [5.41, 5.74) is 1.22. The second kappa shape index (κ2) is 4.66. The normalized spacial score (nSPS) is 25.6. The maximum absolute atomic E-state index is 11.7. The first-order valence-corrected chi connectivity index (χ1v) is 5.53. The van der Waals surface area contributed by atoms with Crippen LogP contribution in [0.15, 0.2) is 30.3 Å². The van der Waals surface area contributed by atoms with Crippen LogP contribution in [-0.4, -0.2) is 38.1 Å². The number of carbonyl (C=O) groups is 1. The standard InChI is InChI=1S/C13H17NO2/c1-14-8-11(10-6-4-3-5-7-10)12(9-14)13(15)16-2/h3-7,11-12H,8-9H2,1-2H3/t11-,12-/m0/s1. The van der Waals surface area contributed by atoms with Crippen molar-refractivity contribution in [2.45, 2.75) is 5.92 Å². The first-order valence-electron chi connectivity index (χ1n) is 5.53. The molecule has 0 aromatic heterocycles. The van der Waals surface area contributed by atoms with Gasteiger partial charge in [0, 0.05) is 19.0 Å². The van der Waals surface area contributed by atoms with E-state index in [9.17, 15) is 4.79 Å². The van der Waals surface area contributed by atoms with Crippen LogP contribution in [0.25, 0.3) is 0 Å². The van der Waals surface area contributed by atoms with Crippen LogP contribution in [0.4, 0.5) is 0 Å². The molecule has 0 amide bonds. The quantitative estimate of drug-likeness (QED) is 0.706. The molecule has 1 aromatic rings. The zero-order chi connectivity index (χ0) is 11.5. The monoisotopic (exact) mass is 219 g/mol. The number of likely N-dealkylation sites (N-methyl/N-ethyl adjacent to an activating group) is 1. The molecule has 86 valence electrons. The lowest BCUT2D eigenvalue weighted by Gasteiger charge is -2.16. The SMILES string of the molecule is COC(=O)[C@H]1CN(C)C[C@H]1c1ccccc1. The van der Waals surface area contributed by atoms with Crippen molar-refractivity contribution in [1.29, 1.82) is 0 Å². The van der Waals surface area contributed by atoms with E-state index in [0.29, 0.717) is 0 Å². The number of nitrogens with zero attached hydrogens (tertiary/aromatic N) is 1. The molecule has 0 radical (unpaired) electrons. The molecule has 1 aliphatic heterocycles. The molecule has 0 bridgehead atoms. The van der Waals surface area contributed by atoms with Gasteiger partial charge >= 0.3 is 5.97 Å². The van der Waals surface area contributed by atoms with E-state index in [-0.39, 0.29) is 17.8 Å². The largest absolute Gasteiger partial charge is 0.469 e. The number of ether oxygens (including phenoxy) is 1. The lowest BCUT2D eigenvalue weighted by atomic mass is 9.89. The third-order valence-electron chi connectivity index (χ3n) is 3.23. The predicted molar refractivity (Wildman–Crippen MR) is 62.2 cm³/mol. The predicted octanol–water partition coefficient (Wildman–Crippen LogP) is 1.50. The van der Waals surface area contributed by atoms with Crippen molar-refractivity contribution in [2.24, 2.45) is 5.92 Å². The molecule has 1 saturated heterocycles. The molecule has 0 saturated carbocycles. The van der Waals surface area contributed by atoms with E-state index < -0.39 is 0 Å². The summed E-state index contributed by atoms with van der Waals surface area (Å²) in [4.78, 5) is 13.9. The molecule has 0 aliphatic carbocycles. The van der Waals surface area contributed by atoms with E-state index in [4.69, 9.17) is 4.74 Å². The van der Waals surface area contributed by atoms with Crippen LogP contribution in [0.5, 0.6) is 0 Å². The van der Waals surface area contributed by atoms with Crippen molar-refractivity contribution >= 4 is 5.97 Å². The summed E-state index contributed by atoms with van der Waals surface area (Å²) in [6, 6.07) is 10.2. The summed E-state index contributed by atoms with van der Waals surface area (Å²) >= 11 is 0. The fraction of sp³-hybridized carbons (Fsp3) is 0.462. The van der Waals surface area contributed by atoms with Gasteiger partial charge in [0.25, 0.3) is 0 Å². The Labute approximate surface area is 96.0 Å². The Morgan fingerprint density at radius 1 is 1.31 bits per heavy atom. The maximum atomic E-state index is 11.7. The summed E-state index contributed by atoms with van der Waals surface area (Å²) < 4.78 is 4.87. The van der Waals surface area contributed by atoms with Gasteiger partial charge in [-0.3, -0.25) is 4.79 Å². The second-order valence-corrected chi connectivity index (χ2v) is 4.37. The number of carbonyl (C=O) groups excluding carboxylic acids is 1. The Balaban J connectivity index is 2.22. The molecule has 0 spiro atoms. The molecule has 1 aliphatic rings. The van der Waals surface area contributed by atoms with Crippen LogP contribution in [0, 0.1) is 5.92 Å². The summed E-state index contributed by atoms with van der Waals surface area (Å²) in [6.45, 7) is 1.70. The van der Waals surface area contributed by atoms with Crippen molar-refractivity contribution in [2.75, 3.05) is 27.2 Å². The zero-order valence-corrected chi connectivity index (χ0v) is 9.72. The van der Waals surface area contributed by atoms with E-state index in [0.717, 1.165) is 13.1 Å². The van der Waals surface area contributed by atoms with Gasteiger partial charge in [0.05, 0.1) is 13.0 Å². The number of benzene rings is 1. The topological polar surface area (TPSA) is 29.5 Å². The molecule has 2 atom stereocenters. The molecule has 1 fully saturated rings. The summed E-state index contributed by atoms with van der Waals surface area (Å²) in [6.07, 6.45) is 0. The number of hydrogen-bond donors (Lipinski definition) is 0. The third kappa shape index (κ3) is 2.09. The minimum Gasteiger partial charge on any atom is -0.469 e. The van der Waals surface area contributed by atoms with E-state index in [1.54, 1.807) is 0 Å². The van der Waals surface area contributed by atoms with Crippen molar-refractivity contribution in [3.05, 3.63) is 35.9 Å². The van der Waals surface area contributed by atoms with Gasteiger partial charge in [-0.2, -0.15) is 0 Å². The molecule has 0 N–H and O–H groups in total. The van der Waals surface area contributed by atoms with E-state index in [1.807, 2.05) is 25.2 Å². The fourth-order valence-corrected chi connectivity index (χ4v) is 2.43. The van der Waals surface area contributed by atoms with Gasteiger partial charge in [0.15, 0.2) is 0 Å². The summed E-state index contributed by atoms with van der Waals surface area (Å²) in [7, 11) is 3.50. The molecule has 16 heavy (non-hydrogen) atoms. The van der Waals surface area contributed by atoms with E-state index in [1.165, 1.54) is 12.7 Å². The summed E-state index contributed by atoms with van der Waals surface area (Å²) in [5, 5.41) is 0. The van der Waals surface area contributed by atoms with Gasteiger partial charge in [0.1, 0.15) is 0 Å². The lowest BCUT2D eigenvalue weighted by Crippen LogP contribution is -2.23. The highest BCUT2D eigenvalue weighted by Gasteiger charge is 2.37. The number of methoxy groups -OCH3 is 1. The average Bonchev–Trinajstić information content (AvgIpc) is 2.71. The van der Waals surface area contributed by atoms with Crippen LogP contribution >= 0.6 is 0 Å². The Kier molecular flexibility index (Phi) is 3.25. The molecule has 1 heterocycles. The van der Waals surface area contributed by atoms with Crippen LogP contribution < -0.4 is 0 Å². The van der Waals surface area contributed by atoms with Crippen LogP contribution in [0.1, 0.15) is 11.5 Å². The van der Waals surface area contributed by atoms with Crippen molar-refractivity contribution in [3.63, 3.8) is 0 Å². The van der Waals surface area contributed by atoms with Gasteiger partial charge < -0.3 is 9.64 Å². The van der Waals surface area contributed by atoms with E-state index >= 15 is 0 Å². The number of likely N-dealkylation sites (tertiary alicyclic amines) is 1. The average molecular weight is 219 g/mol. The van der Waals surface area contributed by atoms with Crippen molar-refractivity contribution < 1.29 is 9.53 Å². The minimum absolute atomic E-state index is 0.0302. The van der Waals surface area contributed by atoms with Crippen LogP contribution in [-0.2, 0) is 9.53 Å². The zero-order valence-electron chi connectivity index (χ0n) is 9.72. The Morgan fingerprint density at radius 3 is 2.62 bits per heavy atom. The number of rotatable bonds is 2. The molecule has 1 aromatic carbocycles. The smallest absolute Gasteiger partial charge is 0.310 e. The first kappa shape index (κ1) is 11.1. The van der Waals surface area contributed by atoms with Crippen molar-refractivity contribution in [3.8, 4) is 0 Å². The maximum Gasteiger partial charge on any atom is 0.310 e. The van der Waals surface area contributed by atoms with Crippen molar-refractivity contribution in [1.82, 2.24) is 4.90 Å². The van der Waals surface area contributed by atoms with Crippen LogP contribution in [0.2, 0.25) is 0 Å².